The van der Waals surface area contributed by atoms with Gasteiger partial charge in [-0.25, -0.2) is 22.3 Å². The number of hydrogen-bond acceptors (Lipinski definition) is 4. The van der Waals surface area contributed by atoms with Gasteiger partial charge in [0.05, 0.1) is 15.5 Å². The fourth-order valence-electron chi connectivity index (χ4n) is 1.56. The Hall–Kier alpha value is -1.22. The first-order valence-corrected chi connectivity index (χ1v) is 8.08. The molecule has 0 bridgehead atoms. The van der Waals surface area contributed by atoms with Gasteiger partial charge in [-0.2, -0.15) is 0 Å². The molecule has 0 atom stereocenters. The topological polar surface area (TPSA) is 95.5 Å². The van der Waals surface area contributed by atoms with E-state index in [1.165, 1.54) is 0 Å². The molecule has 0 radical (unpaired) electrons. The number of halogens is 2. The molecule has 0 amide bonds. The van der Waals surface area contributed by atoms with Crippen LogP contribution in [0.2, 0.25) is 5.02 Å². The third-order valence-electron chi connectivity index (χ3n) is 2.61. The fourth-order valence-corrected chi connectivity index (χ4v) is 2.86. The highest BCUT2D eigenvalue weighted by molar-refractivity contribution is 7.89. The largest absolute Gasteiger partial charge is 0.478 e. The van der Waals surface area contributed by atoms with Gasteiger partial charge in [0.1, 0.15) is 5.82 Å². The van der Waals surface area contributed by atoms with E-state index in [-0.39, 0.29) is 6.54 Å². The lowest BCUT2D eigenvalue weighted by atomic mass is 10.2. The van der Waals surface area contributed by atoms with E-state index in [4.69, 9.17) is 16.7 Å². The average molecular weight is 339 g/mol. The van der Waals surface area contributed by atoms with Crippen molar-refractivity contribution in [2.24, 2.45) is 0 Å². The zero-order valence-corrected chi connectivity index (χ0v) is 12.9. The summed E-state index contributed by atoms with van der Waals surface area (Å²) in [6, 6.07) is 1.53. The first-order chi connectivity index (χ1) is 9.79. The predicted octanol–water partition coefficient (Wildman–Crippen LogP) is 1.46. The number of sulfonamides is 1. The summed E-state index contributed by atoms with van der Waals surface area (Å²) in [6.07, 6.45) is 0.551. The minimum absolute atomic E-state index is 0.155. The average Bonchev–Trinajstić information content (AvgIpc) is 2.40. The number of hydrogen-bond donors (Lipinski definition) is 3. The lowest BCUT2D eigenvalue weighted by molar-refractivity contribution is 0.0696. The number of nitrogens with one attached hydrogen (secondary N) is 2. The van der Waals surface area contributed by atoms with Crippen LogP contribution in [0.5, 0.6) is 0 Å². The van der Waals surface area contributed by atoms with Gasteiger partial charge in [-0.05, 0) is 31.6 Å². The molecular weight excluding hydrogens is 323 g/mol. The van der Waals surface area contributed by atoms with E-state index in [1.54, 1.807) is 0 Å². The van der Waals surface area contributed by atoms with Crippen molar-refractivity contribution in [3.05, 3.63) is 28.5 Å². The lowest BCUT2D eigenvalue weighted by Gasteiger charge is -2.09. The summed E-state index contributed by atoms with van der Waals surface area (Å²) in [7, 11) is -3.98. The van der Waals surface area contributed by atoms with Gasteiger partial charge < -0.3 is 10.4 Å². The van der Waals surface area contributed by atoms with Gasteiger partial charge in [0.15, 0.2) is 0 Å². The summed E-state index contributed by atoms with van der Waals surface area (Å²) >= 11 is 5.49. The lowest BCUT2D eigenvalue weighted by Crippen LogP contribution is -2.27. The summed E-state index contributed by atoms with van der Waals surface area (Å²) in [4.78, 5) is 10.4. The van der Waals surface area contributed by atoms with E-state index in [0.717, 1.165) is 12.6 Å². The smallest absolute Gasteiger partial charge is 0.337 e. The maximum absolute atomic E-state index is 13.5. The standard InChI is InChI=1S/C12H16ClFN2O4S/c1-2-15-4-3-5-16-21(19,20)8-6-9(12(17)18)11(13)10(14)7-8/h6-7,15-16H,2-5H2,1H3,(H,17,18). The minimum atomic E-state index is -3.98. The highest BCUT2D eigenvalue weighted by Gasteiger charge is 2.21. The molecule has 6 nitrogen and oxygen atoms in total. The Labute approximate surface area is 127 Å². The SMILES string of the molecule is CCNCCCNS(=O)(=O)c1cc(F)c(Cl)c(C(=O)O)c1. The van der Waals surface area contributed by atoms with E-state index >= 15 is 0 Å². The molecule has 0 aliphatic rings. The van der Waals surface area contributed by atoms with E-state index in [0.29, 0.717) is 19.0 Å². The Bertz CT molecular complexity index is 622. The second-order valence-corrected chi connectivity index (χ2v) is 6.32. The number of carboxylic acid groups (broad SMARTS) is 1. The van der Waals surface area contributed by atoms with Gasteiger partial charge in [-0.3, -0.25) is 0 Å². The van der Waals surface area contributed by atoms with Gasteiger partial charge in [0, 0.05) is 6.54 Å². The molecule has 9 heteroatoms. The Morgan fingerprint density at radius 1 is 1.38 bits per heavy atom. The zero-order chi connectivity index (χ0) is 16.0. The van der Waals surface area contributed by atoms with E-state index < -0.39 is 37.3 Å². The molecule has 0 aliphatic carbocycles. The van der Waals surface area contributed by atoms with Crippen LogP contribution in [0.25, 0.3) is 0 Å². The second kappa shape index (κ2) is 7.69. The third kappa shape index (κ3) is 4.92. The molecular formula is C12H16ClFN2O4S. The van der Waals surface area contributed by atoms with Crippen molar-refractivity contribution in [3.8, 4) is 0 Å². The van der Waals surface area contributed by atoms with Crippen LogP contribution >= 0.6 is 11.6 Å². The first-order valence-electron chi connectivity index (χ1n) is 6.22. The van der Waals surface area contributed by atoms with E-state index in [9.17, 15) is 17.6 Å². The van der Waals surface area contributed by atoms with Crippen molar-refractivity contribution < 1.29 is 22.7 Å². The molecule has 1 aromatic carbocycles. The van der Waals surface area contributed by atoms with Crippen molar-refractivity contribution in [2.75, 3.05) is 19.6 Å². The van der Waals surface area contributed by atoms with E-state index in [1.807, 2.05) is 6.92 Å². The molecule has 0 aromatic heterocycles. The van der Waals surface area contributed by atoms with Crippen LogP contribution < -0.4 is 10.0 Å². The Morgan fingerprint density at radius 3 is 2.62 bits per heavy atom. The van der Waals surface area contributed by atoms with Gasteiger partial charge in [0.25, 0.3) is 0 Å². The van der Waals surface area contributed by atoms with Crippen molar-refractivity contribution in [3.63, 3.8) is 0 Å². The van der Waals surface area contributed by atoms with Crippen LogP contribution in [0, 0.1) is 5.82 Å². The predicted molar refractivity (Wildman–Crippen MR) is 76.7 cm³/mol. The summed E-state index contributed by atoms with van der Waals surface area (Å²) in [5, 5.41) is 11.3. The highest BCUT2D eigenvalue weighted by Crippen LogP contribution is 2.24. The molecule has 0 fully saturated rings. The molecule has 0 saturated heterocycles. The number of aromatic carboxylic acids is 1. The maximum Gasteiger partial charge on any atom is 0.337 e. The maximum atomic E-state index is 13.5. The first kappa shape index (κ1) is 17.8. The van der Waals surface area contributed by atoms with Crippen LogP contribution in [0.3, 0.4) is 0 Å². The number of carbonyl (C=O) groups is 1. The van der Waals surface area contributed by atoms with Crippen molar-refractivity contribution >= 4 is 27.6 Å². The van der Waals surface area contributed by atoms with Crippen LogP contribution in [0.15, 0.2) is 17.0 Å². The monoisotopic (exact) mass is 338 g/mol. The van der Waals surface area contributed by atoms with Gasteiger partial charge in [-0.15, -0.1) is 0 Å². The number of benzene rings is 1. The second-order valence-electron chi connectivity index (χ2n) is 4.18. The minimum Gasteiger partial charge on any atom is -0.478 e. The van der Waals surface area contributed by atoms with Crippen molar-refractivity contribution in [1.29, 1.82) is 0 Å². The molecule has 118 valence electrons. The van der Waals surface area contributed by atoms with Crippen LogP contribution in [-0.2, 0) is 10.0 Å². The molecule has 1 aromatic rings. The van der Waals surface area contributed by atoms with Crippen LogP contribution in [0.1, 0.15) is 23.7 Å². The highest BCUT2D eigenvalue weighted by atomic mass is 35.5. The Balaban J connectivity index is 2.91. The number of carboxylic acids is 1. The molecule has 0 unspecified atom stereocenters. The summed E-state index contributed by atoms with van der Waals surface area (Å²) in [5.74, 6) is -2.59. The van der Waals surface area contributed by atoms with Gasteiger partial charge in [-0.1, -0.05) is 18.5 Å². The van der Waals surface area contributed by atoms with Crippen molar-refractivity contribution in [2.45, 2.75) is 18.2 Å². The summed E-state index contributed by atoms with van der Waals surface area (Å²) in [6.45, 7) is 3.49. The van der Waals surface area contributed by atoms with Crippen LogP contribution in [0.4, 0.5) is 4.39 Å². The molecule has 0 saturated carbocycles. The molecule has 3 N–H and O–H groups in total. The Kier molecular flexibility index (Phi) is 6.53. The van der Waals surface area contributed by atoms with Gasteiger partial charge >= 0.3 is 5.97 Å². The normalized spacial score (nSPS) is 11.6. The molecule has 1 rings (SSSR count). The quantitative estimate of drug-likeness (QED) is 0.624. The Morgan fingerprint density at radius 2 is 2.05 bits per heavy atom. The summed E-state index contributed by atoms with van der Waals surface area (Å²) in [5.41, 5.74) is -0.593. The third-order valence-corrected chi connectivity index (χ3v) is 4.44. The molecule has 0 heterocycles. The molecule has 0 spiro atoms. The molecule has 21 heavy (non-hydrogen) atoms. The number of rotatable bonds is 8. The van der Waals surface area contributed by atoms with Crippen molar-refractivity contribution in [1.82, 2.24) is 10.0 Å². The van der Waals surface area contributed by atoms with E-state index in [2.05, 4.69) is 10.0 Å². The molecule has 0 aliphatic heterocycles. The van der Waals surface area contributed by atoms with Crippen LogP contribution in [-0.4, -0.2) is 39.1 Å². The zero-order valence-electron chi connectivity index (χ0n) is 11.3. The van der Waals surface area contributed by atoms with Gasteiger partial charge in [0.2, 0.25) is 10.0 Å². The summed E-state index contributed by atoms with van der Waals surface area (Å²) < 4.78 is 39.7. The fraction of sp³-hybridized carbons (Fsp3) is 0.417.